The molecular weight excluding hydrogens is 266 g/mol. The topological polar surface area (TPSA) is 70.8 Å². The lowest BCUT2D eigenvalue weighted by atomic mass is 10.1. The summed E-state index contributed by atoms with van der Waals surface area (Å²) in [6.45, 7) is 1.47. The van der Waals surface area contributed by atoms with Crippen LogP contribution in [0.4, 0.5) is 20.3 Å². The van der Waals surface area contributed by atoms with Gasteiger partial charge in [0.05, 0.1) is 18.4 Å². The first-order valence-corrected chi connectivity index (χ1v) is 5.59. The zero-order valence-electron chi connectivity index (χ0n) is 10.7. The Bertz CT molecular complexity index is 698. The number of nitrogens with one attached hydrogen (secondary N) is 1. The summed E-state index contributed by atoms with van der Waals surface area (Å²) in [5, 5.41) is 11.7. The molecule has 0 aliphatic carbocycles. The van der Waals surface area contributed by atoms with E-state index in [0.29, 0.717) is 0 Å². The molecule has 0 amide bonds. The molecule has 1 heterocycles. The maximum atomic E-state index is 13.9. The summed E-state index contributed by atoms with van der Waals surface area (Å²) >= 11 is 0. The van der Waals surface area contributed by atoms with Gasteiger partial charge in [0, 0.05) is 5.56 Å². The molecule has 0 aliphatic rings. The van der Waals surface area contributed by atoms with Crippen LogP contribution in [0.1, 0.15) is 11.1 Å². The molecule has 20 heavy (non-hydrogen) atoms. The van der Waals surface area contributed by atoms with Gasteiger partial charge in [0.25, 0.3) is 5.88 Å². The fraction of sp³-hybridized carbons (Fsp3) is 0.154. The zero-order chi connectivity index (χ0) is 14.7. The predicted octanol–water partition coefficient (Wildman–Crippen LogP) is 2.69. The quantitative estimate of drug-likeness (QED) is 0.933. The van der Waals surface area contributed by atoms with Gasteiger partial charge in [-0.2, -0.15) is 14.6 Å². The molecule has 1 aromatic heterocycles. The van der Waals surface area contributed by atoms with Crippen LogP contribution in [-0.4, -0.2) is 17.1 Å². The van der Waals surface area contributed by atoms with Crippen LogP contribution in [-0.2, 0) is 0 Å². The van der Waals surface area contributed by atoms with E-state index in [1.807, 2.05) is 6.07 Å². The third kappa shape index (κ3) is 2.36. The second-order valence-electron chi connectivity index (χ2n) is 3.88. The summed E-state index contributed by atoms with van der Waals surface area (Å²) < 4.78 is 32.0. The van der Waals surface area contributed by atoms with Crippen molar-refractivity contribution < 1.29 is 13.5 Å². The van der Waals surface area contributed by atoms with Crippen LogP contribution >= 0.6 is 0 Å². The molecule has 0 fully saturated rings. The highest BCUT2D eigenvalue weighted by Crippen LogP contribution is 2.27. The molecule has 0 spiro atoms. The van der Waals surface area contributed by atoms with Crippen LogP contribution in [0.25, 0.3) is 0 Å². The number of benzene rings is 1. The number of rotatable bonds is 3. The van der Waals surface area contributed by atoms with Gasteiger partial charge in [-0.05, 0) is 19.1 Å². The Morgan fingerprint density at radius 1 is 1.30 bits per heavy atom. The third-order valence-corrected chi connectivity index (χ3v) is 2.71. The maximum Gasteiger partial charge on any atom is 0.255 e. The lowest BCUT2D eigenvalue weighted by molar-refractivity contribution is 0.368. The second-order valence-corrected chi connectivity index (χ2v) is 3.88. The van der Waals surface area contributed by atoms with Crippen LogP contribution in [0.5, 0.6) is 5.88 Å². The van der Waals surface area contributed by atoms with Crippen molar-refractivity contribution in [1.82, 2.24) is 9.97 Å². The molecule has 0 saturated carbocycles. The summed E-state index contributed by atoms with van der Waals surface area (Å²) in [5.74, 6) is -1.67. The molecule has 0 atom stereocenters. The van der Waals surface area contributed by atoms with Crippen molar-refractivity contribution in [3.63, 3.8) is 0 Å². The van der Waals surface area contributed by atoms with Crippen LogP contribution in [0.2, 0.25) is 0 Å². The number of aromatic nitrogens is 2. The number of methoxy groups -OCH3 is 1. The summed E-state index contributed by atoms with van der Waals surface area (Å²) in [6.07, 6.45) is 1.12. The normalized spacial score (nSPS) is 9.95. The molecule has 7 heteroatoms. The standard InChI is InChI=1S/C13H10F2N4O/c1-7-8(5-16)10(4-3-9(7)14)19-12-11(15)13(20-2)18-6-17-12/h3-4,6H,1-2H3,(H,17,18,19). The molecule has 102 valence electrons. The van der Waals surface area contributed by atoms with Gasteiger partial charge < -0.3 is 10.1 Å². The van der Waals surface area contributed by atoms with Crippen LogP contribution in [0.3, 0.4) is 0 Å². The number of hydrogen-bond donors (Lipinski definition) is 1. The first kappa shape index (κ1) is 13.7. The highest BCUT2D eigenvalue weighted by Gasteiger charge is 2.15. The van der Waals surface area contributed by atoms with E-state index in [1.165, 1.54) is 26.2 Å². The SMILES string of the molecule is COc1ncnc(Nc2ccc(F)c(C)c2C#N)c1F. The average Bonchev–Trinajstić information content (AvgIpc) is 2.45. The number of hydrogen-bond acceptors (Lipinski definition) is 5. The fourth-order valence-electron chi connectivity index (χ4n) is 1.65. The van der Waals surface area contributed by atoms with Crippen LogP contribution in [0, 0.1) is 29.9 Å². The monoisotopic (exact) mass is 276 g/mol. The van der Waals surface area contributed by atoms with Crippen LogP contribution < -0.4 is 10.1 Å². The van der Waals surface area contributed by atoms with Crippen LogP contribution in [0.15, 0.2) is 18.5 Å². The fourth-order valence-corrected chi connectivity index (χ4v) is 1.65. The Morgan fingerprint density at radius 3 is 2.70 bits per heavy atom. The first-order valence-electron chi connectivity index (χ1n) is 5.59. The Balaban J connectivity index is 2.46. The van der Waals surface area contributed by atoms with E-state index in [-0.39, 0.29) is 28.5 Å². The first-order chi connectivity index (χ1) is 9.58. The van der Waals surface area contributed by atoms with E-state index in [9.17, 15) is 8.78 Å². The molecule has 0 unspecified atom stereocenters. The molecule has 1 aromatic carbocycles. The van der Waals surface area contributed by atoms with Crippen molar-refractivity contribution in [3.05, 3.63) is 41.2 Å². The Labute approximate surface area is 113 Å². The van der Waals surface area contributed by atoms with Gasteiger partial charge >= 0.3 is 0 Å². The van der Waals surface area contributed by atoms with Crippen molar-refractivity contribution in [2.75, 3.05) is 12.4 Å². The number of nitrogens with zero attached hydrogens (tertiary/aromatic N) is 3. The van der Waals surface area contributed by atoms with Crippen molar-refractivity contribution in [1.29, 1.82) is 5.26 Å². The summed E-state index contributed by atoms with van der Waals surface area (Å²) in [6, 6.07) is 4.40. The smallest absolute Gasteiger partial charge is 0.255 e. The van der Waals surface area contributed by atoms with E-state index in [2.05, 4.69) is 15.3 Å². The number of nitriles is 1. The van der Waals surface area contributed by atoms with Gasteiger partial charge in [-0.3, -0.25) is 0 Å². The molecule has 0 radical (unpaired) electrons. The largest absolute Gasteiger partial charge is 0.479 e. The molecular formula is C13H10F2N4O. The van der Waals surface area contributed by atoms with Gasteiger partial charge in [0.2, 0.25) is 5.82 Å². The van der Waals surface area contributed by atoms with Crippen molar-refractivity contribution in [2.45, 2.75) is 6.92 Å². The molecule has 5 nitrogen and oxygen atoms in total. The van der Waals surface area contributed by atoms with E-state index in [4.69, 9.17) is 10.00 Å². The molecule has 0 bridgehead atoms. The molecule has 0 aliphatic heterocycles. The van der Waals surface area contributed by atoms with Gasteiger partial charge in [-0.15, -0.1) is 0 Å². The third-order valence-electron chi connectivity index (χ3n) is 2.71. The highest BCUT2D eigenvalue weighted by atomic mass is 19.1. The summed E-state index contributed by atoms with van der Waals surface area (Å²) in [7, 11) is 1.28. The Hall–Kier alpha value is -2.75. The van der Waals surface area contributed by atoms with Crippen molar-refractivity contribution in [2.24, 2.45) is 0 Å². The predicted molar refractivity (Wildman–Crippen MR) is 67.7 cm³/mol. The zero-order valence-corrected chi connectivity index (χ0v) is 10.7. The van der Waals surface area contributed by atoms with Gasteiger partial charge in [-0.1, -0.05) is 0 Å². The van der Waals surface area contributed by atoms with Crippen molar-refractivity contribution in [3.8, 4) is 11.9 Å². The second kappa shape index (κ2) is 5.48. The maximum absolute atomic E-state index is 13.9. The van der Waals surface area contributed by atoms with Gasteiger partial charge in [0.1, 0.15) is 18.2 Å². The average molecular weight is 276 g/mol. The van der Waals surface area contributed by atoms with Crippen molar-refractivity contribution >= 4 is 11.5 Å². The summed E-state index contributed by atoms with van der Waals surface area (Å²) in [4.78, 5) is 7.33. The Kier molecular flexibility index (Phi) is 3.75. The minimum atomic E-state index is -0.791. The Morgan fingerprint density at radius 2 is 2.05 bits per heavy atom. The van der Waals surface area contributed by atoms with E-state index < -0.39 is 11.6 Å². The lowest BCUT2D eigenvalue weighted by Crippen LogP contribution is -2.04. The molecule has 2 rings (SSSR count). The highest BCUT2D eigenvalue weighted by molar-refractivity contribution is 5.67. The molecule has 0 saturated heterocycles. The number of anilines is 2. The lowest BCUT2D eigenvalue weighted by Gasteiger charge is -2.11. The molecule has 2 aromatic rings. The molecule has 1 N–H and O–H groups in total. The minimum Gasteiger partial charge on any atom is -0.479 e. The van der Waals surface area contributed by atoms with Gasteiger partial charge in [0.15, 0.2) is 5.82 Å². The number of ether oxygens (including phenoxy) is 1. The number of halogens is 2. The van der Waals surface area contributed by atoms with E-state index in [1.54, 1.807) is 0 Å². The van der Waals surface area contributed by atoms with E-state index >= 15 is 0 Å². The van der Waals surface area contributed by atoms with E-state index in [0.717, 1.165) is 6.33 Å². The summed E-state index contributed by atoms with van der Waals surface area (Å²) in [5.41, 5.74) is 0.520. The minimum absolute atomic E-state index is 0.0852. The van der Waals surface area contributed by atoms with Gasteiger partial charge in [-0.25, -0.2) is 9.37 Å².